The number of carboxylic acids is 1. The highest BCUT2D eigenvalue weighted by atomic mass is 16.4. The van der Waals surface area contributed by atoms with Gasteiger partial charge in [-0.3, -0.25) is 4.79 Å². The molecule has 0 unspecified atom stereocenters. The molecule has 0 aromatic carbocycles. The minimum atomic E-state index is -0.833. The number of aliphatic carboxylic acids is 1. The highest BCUT2D eigenvalue weighted by molar-refractivity contribution is 5.62. The minimum absolute atomic E-state index is 0.236. The Bertz CT molecular complexity index is 349. The molecule has 6 heteroatoms. The number of carbonyl (C=O) groups is 1. The van der Waals surface area contributed by atoms with E-state index in [1.54, 1.807) is 6.20 Å². The molecule has 0 saturated heterocycles. The number of nitrogens with two attached hydrogens (primary N) is 2. The first-order valence-corrected chi connectivity index (χ1v) is 4.89. The molecular formula is C10H18N4O2. The van der Waals surface area contributed by atoms with Gasteiger partial charge in [0.2, 0.25) is 5.95 Å². The van der Waals surface area contributed by atoms with Crippen LogP contribution in [0.5, 0.6) is 0 Å². The van der Waals surface area contributed by atoms with Gasteiger partial charge in [0.1, 0.15) is 5.82 Å². The fraction of sp³-hybridized carbons (Fsp3) is 0.500. The minimum Gasteiger partial charge on any atom is -0.481 e. The van der Waals surface area contributed by atoms with Gasteiger partial charge in [-0.15, -0.1) is 0 Å². The van der Waals surface area contributed by atoms with Crippen LogP contribution in [0.1, 0.15) is 26.3 Å². The molecule has 0 fully saturated rings. The van der Waals surface area contributed by atoms with Crippen molar-refractivity contribution in [2.75, 3.05) is 11.5 Å². The molecule has 0 aliphatic heterocycles. The highest BCUT2D eigenvalue weighted by Crippen LogP contribution is 2.13. The normalized spacial score (nSPS) is 9.50. The number of rotatable bonds is 2. The van der Waals surface area contributed by atoms with Crippen molar-refractivity contribution in [3.8, 4) is 0 Å². The van der Waals surface area contributed by atoms with E-state index < -0.39 is 5.97 Å². The van der Waals surface area contributed by atoms with Crippen molar-refractivity contribution in [3.05, 3.63) is 11.8 Å². The first-order valence-electron chi connectivity index (χ1n) is 4.89. The Labute approximate surface area is 94.7 Å². The molecule has 0 aliphatic carbocycles. The second kappa shape index (κ2) is 6.60. The molecular weight excluding hydrogens is 208 g/mol. The van der Waals surface area contributed by atoms with E-state index in [1.807, 2.05) is 0 Å². The van der Waals surface area contributed by atoms with Gasteiger partial charge in [0.05, 0.1) is 0 Å². The topological polar surface area (TPSA) is 115 Å². The molecule has 1 aromatic heterocycles. The van der Waals surface area contributed by atoms with Crippen LogP contribution in [0.15, 0.2) is 6.20 Å². The van der Waals surface area contributed by atoms with Crippen molar-refractivity contribution >= 4 is 17.7 Å². The Hall–Kier alpha value is -1.85. The lowest BCUT2D eigenvalue weighted by molar-refractivity contribution is -0.134. The van der Waals surface area contributed by atoms with Gasteiger partial charge in [0, 0.05) is 18.7 Å². The van der Waals surface area contributed by atoms with Gasteiger partial charge < -0.3 is 16.6 Å². The van der Waals surface area contributed by atoms with Crippen molar-refractivity contribution in [2.45, 2.75) is 27.2 Å². The van der Waals surface area contributed by atoms with Crippen LogP contribution in [0.25, 0.3) is 0 Å². The number of nitrogens with zero attached hydrogens (tertiary/aromatic N) is 2. The molecule has 0 spiro atoms. The Kier molecular flexibility index (Phi) is 5.84. The molecule has 90 valence electrons. The summed E-state index contributed by atoms with van der Waals surface area (Å²) in [7, 11) is 0. The second-order valence-corrected chi connectivity index (χ2v) is 3.76. The van der Waals surface area contributed by atoms with Gasteiger partial charge in [-0.1, -0.05) is 13.8 Å². The third kappa shape index (κ3) is 6.58. The number of aromatic nitrogens is 2. The fourth-order valence-electron chi connectivity index (χ4n) is 1.03. The maximum absolute atomic E-state index is 9.00. The molecule has 16 heavy (non-hydrogen) atoms. The van der Waals surface area contributed by atoms with Crippen molar-refractivity contribution in [2.24, 2.45) is 5.92 Å². The summed E-state index contributed by atoms with van der Waals surface area (Å²) in [6, 6.07) is 0. The Morgan fingerprint density at radius 2 is 2.00 bits per heavy atom. The number of hydrogen-bond donors (Lipinski definition) is 3. The van der Waals surface area contributed by atoms with Gasteiger partial charge in [0.15, 0.2) is 0 Å². The van der Waals surface area contributed by atoms with E-state index in [0.717, 1.165) is 18.9 Å². The average Bonchev–Trinajstić information content (AvgIpc) is 2.08. The maximum Gasteiger partial charge on any atom is 0.300 e. The zero-order chi connectivity index (χ0) is 12.7. The van der Waals surface area contributed by atoms with Crippen molar-refractivity contribution in [3.63, 3.8) is 0 Å². The molecule has 1 aromatic rings. The lowest BCUT2D eigenvalue weighted by atomic mass is 10.1. The summed E-state index contributed by atoms with van der Waals surface area (Å²) in [5, 5.41) is 7.42. The Morgan fingerprint density at radius 1 is 1.50 bits per heavy atom. The highest BCUT2D eigenvalue weighted by Gasteiger charge is 2.03. The zero-order valence-corrected chi connectivity index (χ0v) is 9.77. The quantitative estimate of drug-likeness (QED) is 0.691. The van der Waals surface area contributed by atoms with Crippen LogP contribution < -0.4 is 11.5 Å². The second-order valence-electron chi connectivity index (χ2n) is 3.76. The molecule has 1 heterocycles. The molecule has 0 aliphatic rings. The zero-order valence-electron chi connectivity index (χ0n) is 9.77. The number of hydrogen-bond acceptors (Lipinski definition) is 5. The largest absolute Gasteiger partial charge is 0.481 e. The molecule has 0 amide bonds. The van der Waals surface area contributed by atoms with E-state index >= 15 is 0 Å². The Balaban J connectivity index is 0.000000487. The predicted octanol–water partition coefficient (Wildman–Crippen LogP) is 0.930. The number of nitrogen functional groups attached to an aromatic ring is 2. The van der Waals surface area contributed by atoms with E-state index in [2.05, 4.69) is 23.8 Å². The molecule has 0 saturated carbocycles. The first-order chi connectivity index (χ1) is 7.32. The van der Waals surface area contributed by atoms with Crippen molar-refractivity contribution < 1.29 is 9.90 Å². The third-order valence-corrected chi connectivity index (χ3v) is 1.54. The van der Waals surface area contributed by atoms with Crippen LogP contribution in [0.4, 0.5) is 11.8 Å². The van der Waals surface area contributed by atoms with Crippen LogP contribution >= 0.6 is 0 Å². The lowest BCUT2D eigenvalue weighted by Crippen LogP contribution is -2.05. The third-order valence-electron chi connectivity index (χ3n) is 1.54. The summed E-state index contributed by atoms with van der Waals surface area (Å²) in [5.41, 5.74) is 12.0. The van der Waals surface area contributed by atoms with E-state index in [4.69, 9.17) is 21.4 Å². The predicted molar refractivity (Wildman–Crippen MR) is 62.7 cm³/mol. The summed E-state index contributed by atoms with van der Waals surface area (Å²) in [6.07, 6.45) is 2.59. The first kappa shape index (κ1) is 14.2. The summed E-state index contributed by atoms with van der Waals surface area (Å²) >= 11 is 0. The molecule has 0 atom stereocenters. The van der Waals surface area contributed by atoms with Crippen LogP contribution in [-0.2, 0) is 11.2 Å². The molecule has 5 N–H and O–H groups in total. The summed E-state index contributed by atoms with van der Waals surface area (Å²) in [5.74, 6) is 0.454. The van der Waals surface area contributed by atoms with E-state index in [1.165, 1.54) is 0 Å². The van der Waals surface area contributed by atoms with Crippen molar-refractivity contribution in [1.29, 1.82) is 0 Å². The van der Waals surface area contributed by atoms with Crippen LogP contribution in [0.2, 0.25) is 0 Å². The average molecular weight is 226 g/mol. The number of carboxylic acid groups (broad SMARTS) is 1. The van der Waals surface area contributed by atoms with Gasteiger partial charge in [0.25, 0.3) is 5.97 Å². The number of anilines is 2. The molecule has 0 radical (unpaired) electrons. The van der Waals surface area contributed by atoms with E-state index in [0.29, 0.717) is 11.7 Å². The SMILES string of the molecule is CC(=O)O.CC(C)Cc1cnc(N)nc1N. The fourth-order valence-corrected chi connectivity index (χ4v) is 1.03. The smallest absolute Gasteiger partial charge is 0.300 e. The molecule has 0 bridgehead atoms. The van der Waals surface area contributed by atoms with Crippen molar-refractivity contribution in [1.82, 2.24) is 9.97 Å². The van der Waals surface area contributed by atoms with E-state index in [-0.39, 0.29) is 5.95 Å². The summed E-state index contributed by atoms with van der Waals surface area (Å²) in [4.78, 5) is 16.8. The monoisotopic (exact) mass is 226 g/mol. The lowest BCUT2D eigenvalue weighted by Gasteiger charge is -2.06. The van der Waals surface area contributed by atoms with Gasteiger partial charge in [-0.25, -0.2) is 4.98 Å². The maximum atomic E-state index is 9.00. The van der Waals surface area contributed by atoms with Crippen LogP contribution in [0.3, 0.4) is 0 Å². The molecule has 6 nitrogen and oxygen atoms in total. The van der Waals surface area contributed by atoms with Gasteiger partial charge >= 0.3 is 0 Å². The van der Waals surface area contributed by atoms with Gasteiger partial charge in [-0.05, 0) is 12.3 Å². The van der Waals surface area contributed by atoms with Gasteiger partial charge in [-0.2, -0.15) is 4.98 Å². The summed E-state index contributed by atoms with van der Waals surface area (Å²) in [6.45, 7) is 5.32. The van der Waals surface area contributed by atoms with Crippen LogP contribution in [0, 0.1) is 5.92 Å². The van der Waals surface area contributed by atoms with Crippen LogP contribution in [-0.4, -0.2) is 21.0 Å². The standard InChI is InChI=1S/C8H14N4.C2H4O2/c1-5(2)3-6-4-11-8(10)12-7(6)9;1-2(3)4/h4-5H,3H2,1-2H3,(H4,9,10,11,12);1H3,(H,3,4). The molecule has 1 rings (SSSR count). The summed E-state index contributed by atoms with van der Waals surface area (Å²) < 4.78 is 0. The van der Waals surface area contributed by atoms with E-state index in [9.17, 15) is 0 Å². The Morgan fingerprint density at radius 3 is 2.38 bits per heavy atom.